The molecule has 7 N–H and O–H groups in total. The highest BCUT2D eigenvalue weighted by Crippen LogP contribution is 2.51. The first-order chi connectivity index (χ1) is 35.1. The highest BCUT2D eigenvalue weighted by molar-refractivity contribution is 5.93. The van der Waals surface area contributed by atoms with Crippen molar-refractivity contribution in [1.82, 2.24) is 55.8 Å². The largest absolute Gasteiger partial charge is 0.507 e. The quantitative estimate of drug-likeness (QED) is 0.0777. The number of rotatable bonds is 13. The van der Waals surface area contributed by atoms with Gasteiger partial charge in [-0.3, -0.25) is 9.59 Å². The fourth-order valence-electron chi connectivity index (χ4n) is 12.0. The number of nitrogens with one attached hydrogen (secondary N) is 4. The van der Waals surface area contributed by atoms with Crippen LogP contribution in [-0.4, -0.2) is 149 Å². The predicted octanol–water partition coefficient (Wildman–Crippen LogP) is 4.91. The summed E-state index contributed by atoms with van der Waals surface area (Å²) in [5.41, 5.74) is 6.02. The number of aromatic hydroxyl groups is 1. The summed E-state index contributed by atoms with van der Waals surface area (Å²) in [5.74, 6) is 2.85. The average molecular weight is 993 g/mol. The SMILES string of the molecule is C#Cc1ccc(CNC(=O)[C@@H]2C[C@@H](O)CN2C(=O)[C@@H](NC(=O)N2CC3(CC(N4CCC(c5cnc(N6CCc7[nH]c8nnc(-c9ccccc9O)cc8c7[C@H]6C)nc5)CC4)C3)C2)C(C)(C)CCNC(=O)O)cc1. The molecule has 4 fully saturated rings. The Morgan fingerprint density at radius 3 is 2.41 bits per heavy atom. The van der Waals surface area contributed by atoms with Gasteiger partial charge in [-0.05, 0) is 105 Å². The standard InChI is InChI=1S/C54H64N12O7/c1-5-33-10-12-34(13-11-33)26-56-48(69)43-22-38(67)29-66(43)49(70)46(53(3,4)17-18-55-52(72)73)60-51(71)64-30-54(31-64)24-37(25-54)63-19-14-35(15-20-63)36-27-57-50(58-28-36)65-21-16-41-45(32(65)2)40-23-42(61-62-47(40)59-41)39-8-6-7-9-44(39)68/h1,6-13,23,27-28,32,35,37-38,43,46,55,67-68H,14-22,24-26,29-31H2,2-4H3,(H,56,69)(H,59,62)(H,60,71)(H,72,73)/t32-,38-,43+,46-/m1/s1. The maximum atomic E-state index is 14.5. The molecule has 7 heterocycles. The minimum absolute atomic E-state index is 0.00927. The summed E-state index contributed by atoms with van der Waals surface area (Å²) in [6, 6.07) is 14.3. The second-order valence-corrected chi connectivity index (χ2v) is 21.5. The number of nitrogens with zero attached hydrogens (tertiary/aromatic N) is 8. The molecule has 1 spiro atoms. The van der Waals surface area contributed by atoms with Crippen molar-refractivity contribution < 1.29 is 34.5 Å². The molecule has 5 aromatic rings. The van der Waals surface area contributed by atoms with Gasteiger partial charge in [-0.15, -0.1) is 16.6 Å². The lowest BCUT2D eigenvalue weighted by atomic mass is 9.60. The topological polar surface area (TPSA) is 245 Å². The van der Waals surface area contributed by atoms with Crippen LogP contribution in [0.15, 0.2) is 67.0 Å². The lowest BCUT2D eigenvalue weighted by Crippen LogP contribution is -2.70. The number of hydrogen-bond donors (Lipinski definition) is 7. The van der Waals surface area contributed by atoms with Gasteiger partial charge in [-0.2, -0.15) is 0 Å². The van der Waals surface area contributed by atoms with E-state index < -0.39 is 41.5 Å². The summed E-state index contributed by atoms with van der Waals surface area (Å²) < 4.78 is 0. The number of piperidine rings is 1. The second kappa shape index (κ2) is 20.0. The van der Waals surface area contributed by atoms with Crippen molar-refractivity contribution in [3.63, 3.8) is 0 Å². The van der Waals surface area contributed by atoms with E-state index in [1.165, 1.54) is 4.90 Å². The zero-order valence-electron chi connectivity index (χ0n) is 41.6. The van der Waals surface area contributed by atoms with E-state index in [1.807, 2.05) is 42.7 Å². The first kappa shape index (κ1) is 49.3. The van der Waals surface area contributed by atoms with E-state index in [4.69, 9.17) is 16.4 Å². The van der Waals surface area contributed by atoms with Crippen molar-refractivity contribution >= 4 is 40.9 Å². The Morgan fingerprint density at radius 1 is 0.986 bits per heavy atom. The van der Waals surface area contributed by atoms with Crippen LogP contribution in [0.4, 0.5) is 15.5 Å². The number of terminal acetylenes is 1. The van der Waals surface area contributed by atoms with Crippen LogP contribution in [0.3, 0.4) is 0 Å². The number of hydrogen-bond acceptors (Lipinski definition) is 12. The number of aliphatic hydroxyl groups is 1. The monoisotopic (exact) mass is 993 g/mol. The number of aromatic nitrogens is 5. The fourth-order valence-corrected chi connectivity index (χ4v) is 12.0. The molecule has 382 valence electrons. The predicted molar refractivity (Wildman–Crippen MR) is 272 cm³/mol. The number of urea groups is 1. The van der Waals surface area contributed by atoms with Crippen molar-refractivity contribution in [3.8, 4) is 29.4 Å². The molecular formula is C54H64N12O7. The maximum Gasteiger partial charge on any atom is 0.404 e. The number of amides is 5. The number of aliphatic hydroxyl groups excluding tert-OH is 1. The van der Waals surface area contributed by atoms with Crippen LogP contribution in [0.1, 0.15) is 99.2 Å². The lowest BCUT2D eigenvalue weighted by Gasteiger charge is -2.61. The number of fused-ring (bicyclic) bond motifs is 3. The number of phenolic OH excluding ortho intramolecular Hbond substituents is 1. The van der Waals surface area contributed by atoms with E-state index in [9.17, 15) is 34.5 Å². The van der Waals surface area contributed by atoms with Crippen LogP contribution in [0.5, 0.6) is 5.75 Å². The zero-order chi connectivity index (χ0) is 51.2. The molecule has 0 radical (unpaired) electrons. The van der Waals surface area contributed by atoms with Crippen LogP contribution in [0, 0.1) is 23.2 Å². The molecule has 0 unspecified atom stereocenters. The van der Waals surface area contributed by atoms with Crippen LogP contribution >= 0.6 is 0 Å². The normalized spacial score (nSPS) is 21.5. The summed E-state index contributed by atoms with van der Waals surface area (Å²) in [5, 5.41) is 48.6. The molecule has 73 heavy (non-hydrogen) atoms. The highest BCUT2D eigenvalue weighted by Gasteiger charge is 2.56. The molecule has 2 aromatic carbocycles. The Labute approximate surface area is 424 Å². The molecular weight excluding hydrogens is 929 g/mol. The summed E-state index contributed by atoms with van der Waals surface area (Å²) in [6.07, 6.45) is 12.4. The number of para-hydroxylation sites is 1. The number of H-pyrrole nitrogens is 1. The van der Waals surface area contributed by atoms with Crippen molar-refractivity contribution in [2.45, 2.75) is 108 Å². The smallest absolute Gasteiger partial charge is 0.404 e. The summed E-state index contributed by atoms with van der Waals surface area (Å²) >= 11 is 0. The van der Waals surface area contributed by atoms with E-state index in [0.717, 1.165) is 85.2 Å². The van der Waals surface area contributed by atoms with Crippen molar-refractivity contribution in [3.05, 3.63) is 94.9 Å². The Balaban J connectivity index is 0.716. The minimum atomic E-state index is -1.20. The summed E-state index contributed by atoms with van der Waals surface area (Å²) in [6.45, 7) is 9.75. The van der Waals surface area contributed by atoms with Gasteiger partial charge < -0.3 is 55.9 Å². The third kappa shape index (κ3) is 9.97. The number of β-amino-alcohol motifs (C(OH)–C–C–N with tert-alkyl or cyclic N) is 1. The van der Waals surface area contributed by atoms with Crippen molar-refractivity contribution in [1.29, 1.82) is 0 Å². The van der Waals surface area contributed by atoms with Crippen molar-refractivity contribution in [2.24, 2.45) is 10.8 Å². The molecule has 10 rings (SSSR count). The second-order valence-electron chi connectivity index (χ2n) is 21.5. The molecule has 5 aliphatic rings. The number of anilines is 1. The summed E-state index contributed by atoms with van der Waals surface area (Å²) in [4.78, 5) is 74.6. The Hall–Kier alpha value is -7.30. The van der Waals surface area contributed by atoms with E-state index in [-0.39, 0.29) is 55.7 Å². The third-order valence-electron chi connectivity index (χ3n) is 16.2. The molecule has 4 aliphatic heterocycles. The van der Waals surface area contributed by atoms with Crippen LogP contribution in [-0.2, 0) is 22.6 Å². The first-order valence-corrected chi connectivity index (χ1v) is 25.4. The Kier molecular flexibility index (Phi) is 13.5. The molecule has 0 bridgehead atoms. The van der Waals surface area contributed by atoms with Gasteiger partial charge in [0.15, 0.2) is 5.65 Å². The van der Waals surface area contributed by atoms with E-state index in [1.54, 1.807) is 43.0 Å². The lowest BCUT2D eigenvalue weighted by molar-refractivity contribution is -0.142. The zero-order valence-corrected chi connectivity index (χ0v) is 41.6. The molecule has 3 aromatic heterocycles. The first-order valence-electron chi connectivity index (χ1n) is 25.4. The number of carboxylic acid groups (broad SMARTS) is 1. The fraction of sp³-hybridized carbons (Fsp3) is 0.481. The molecule has 19 heteroatoms. The van der Waals surface area contributed by atoms with Gasteiger partial charge in [-0.25, -0.2) is 19.6 Å². The van der Waals surface area contributed by atoms with Crippen LogP contribution in [0.25, 0.3) is 22.3 Å². The van der Waals surface area contributed by atoms with Crippen LogP contribution in [0.2, 0.25) is 0 Å². The number of aromatic amines is 1. The van der Waals surface area contributed by atoms with Gasteiger partial charge in [0.1, 0.15) is 17.8 Å². The number of benzene rings is 2. The molecule has 4 atom stereocenters. The minimum Gasteiger partial charge on any atom is -0.507 e. The van der Waals surface area contributed by atoms with Gasteiger partial charge in [0.05, 0.1) is 17.8 Å². The average Bonchev–Trinajstić information content (AvgIpc) is 3.95. The Morgan fingerprint density at radius 2 is 1.71 bits per heavy atom. The molecule has 1 saturated carbocycles. The Bertz CT molecular complexity index is 2920. The van der Waals surface area contributed by atoms with Gasteiger partial charge in [0.2, 0.25) is 17.8 Å². The van der Waals surface area contributed by atoms with Gasteiger partial charge in [0.25, 0.3) is 0 Å². The maximum absolute atomic E-state index is 14.5. The van der Waals surface area contributed by atoms with E-state index in [2.05, 4.69) is 53.8 Å². The van der Waals surface area contributed by atoms with Crippen molar-refractivity contribution in [2.75, 3.05) is 50.7 Å². The summed E-state index contributed by atoms with van der Waals surface area (Å²) in [7, 11) is 0. The third-order valence-corrected chi connectivity index (χ3v) is 16.2. The molecule has 5 amide bonds. The van der Waals surface area contributed by atoms with Gasteiger partial charge >= 0.3 is 12.1 Å². The van der Waals surface area contributed by atoms with E-state index in [0.29, 0.717) is 47.8 Å². The molecule has 3 saturated heterocycles. The highest BCUT2D eigenvalue weighted by atomic mass is 16.4. The van der Waals surface area contributed by atoms with Gasteiger partial charge in [-0.1, -0.05) is 44.0 Å². The van der Waals surface area contributed by atoms with Crippen LogP contribution < -0.4 is 20.9 Å². The number of likely N-dealkylation sites (tertiary alicyclic amines) is 3. The van der Waals surface area contributed by atoms with Gasteiger partial charge in [0, 0.05) is 104 Å². The number of phenols is 1. The number of carbonyl (C=O) groups excluding carboxylic acids is 3. The number of carbonyl (C=O) groups is 4. The molecule has 1 aliphatic carbocycles. The molecule has 19 nitrogen and oxygen atoms in total. The van der Waals surface area contributed by atoms with E-state index >= 15 is 0 Å².